The lowest BCUT2D eigenvalue weighted by Crippen LogP contribution is -2.24. The van der Waals surface area contributed by atoms with Crippen molar-refractivity contribution in [3.63, 3.8) is 0 Å². The summed E-state index contributed by atoms with van der Waals surface area (Å²) in [7, 11) is 0. The maximum absolute atomic E-state index is 13.2. The zero-order chi connectivity index (χ0) is 12.5. The molecule has 0 unspecified atom stereocenters. The molecule has 3 heteroatoms. The molecule has 0 atom stereocenters. The summed E-state index contributed by atoms with van der Waals surface area (Å²) in [6.45, 7) is 2.49. The third kappa shape index (κ3) is 2.60. The van der Waals surface area contributed by atoms with Crippen LogP contribution in [0.15, 0.2) is 18.2 Å². The Morgan fingerprint density at radius 1 is 1.28 bits per heavy atom. The van der Waals surface area contributed by atoms with Crippen LogP contribution in [-0.2, 0) is 0 Å². The predicted molar refractivity (Wildman–Crippen MR) is 70.4 cm³/mol. The van der Waals surface area contributed by atoms with E-state index in [9.17, 15) is 4.39 Å². The highest BCUT2D eigenvalue weighted by molar-refractivity contribution is 5.57. The number of halogens is 1. The summed E-state index contributed by atoms with van der Waals surface area (Å²) in [4.78, 5) is 0. The van der Waals surface area contributed by atoms with E-state index in [0.717, 1.165) is 17.5 Å². The molecular formula is C15H20FNO. The van der Waals surface area contributed by atoms with E-state index in [1.807, 2.05) is 6.92 Å². The van der Waals surface area contributed by atoms with Gasteiger partial charge in [0.05, 0.1) is 12.3 Å². The van der Waals surface area contributed by atoms with Crippen LogP contribution in [0, 0.1) is 17.7 Å². The van der Waals surface area contributed by atoms with E-state index in [-0.39, 0.29) is 5.82 Å². The average Bonchev–Trinajstić information content (AvgIpc) is 3.22. The number of hydrogen-bond acceptors (Lipinski definition) is 2. The van der Waals surface area contributed by atoms with Gasteiger partial charge in [0.15, 0.2) is 0 Å². The van der Waals surface area contributed by atoms with Gasteiger partial charge in [-0.3, -0.25) is 0 Å². The fourth-order valence-corrected chi connectivity index (χ4v) is 2.60. The van der Waals surface area contributed by atoms with Gasteiger partial charge in [-0.05, 0) is 56.6 Å². The number of nitrogens with one attached hydrogen (secondary N) is 1. The van der Waals surface area contributed by atoms with Gasteiger partial charge in [-0.1, -0.05) is 0 Å². The Hall–Kier alpha value is -1.25. The first-order valence-electron chi connectivity index (χ1n) is 6.97. The van der Waals surface area contributed by atoms with Gasteiger partial charge in [-0.25, -0.2) is 4.39 Å². The summed E-state index contributed by atoms with van der Waals surface area (Å²) < 4.78 is 18.8. The van der Waals surface area contributed by atoms with Crippen LogP contribution in [0.5, 0.6) is 5.75 Å². The molecule has 2 fully saturated rings. The molecule has 2 nitrogen and oxygen atoms in total. The van der Waals surface area contributed by atoms with Crippen molar-refractivity contribution in [1.82, 2.24) is 0 Å². The highest BCUT2D eigenvalue weighted by atomic mass is 19.1. The second-order valence-electron chi connectivity index (χ2n) is 5.42. The number of hydrogen-bond donors (Lipinski definition) is 1. The van der Waals surface area contributed by atoms with Crippen molar-refractivity contribution in [3.8, 4) is 5.75 Å². The van der Waals surface area contributed by atoms with Crippen LogP contribution in [0.3, 0.4) is 0 Å². The zero-order valence-corrected chi connectivity index (χ0v) is 10.8. The number of anilines is 1. The Bertz CT molecular complexity index is 415. The smallest absolute Gasteiger partial charge is 0.145 e. The standard InChI is InChI=1S/C15H20FNO/c1-2-18-14-9-12(16)7-8-13(14)17-15(10-3-4-10)11-5-6-11/h7-11,15,17H,2-6H2,1H3. The topological polar surface area (TPSA) is 21.3 Å². The summed E-state index contributed by atoms with van der Waals surface area (Å²) in [5.74, 6) is 2.04. The Labute approximate surface area is 108 Å². The van der Waals surface area contributed by atoms with Crippen LogP contribution >= 0.6 is 0 Å². The van der Waals surface area contributed by atoms with E-state index in [1.54, 1.807) is 6.07 Å². The fourth-order valence-electron chi connectivity index (χ4n) is 2.60. The third-order valence-corrected chi connectivity index (χ3v) is 3.83. The Morgan fingerprint density at radius 3 is 2.50 bits per heavy atom. The summed E-state index contributed by atoms with van der Waals surface area (Å²) in [5.41, 5.74) is 0.946. The van der Waals surface area contributed by atoms with Crippen LogP contribution < -0.4 is 10.1 Å². The number of ether oxygens (including phenoxy) is 1. The number of rotatable bonds is 6. The molecule has 1 N–H and O–H groups in total. The molecule has 0 amide bonds. The molecule has 18 heavy (non-hydrogen) atoms. The van der Waals surface area contributed by atoms with Gasteiger partial charge >= 0.3 is 0 Å². The molecule has 1 aromatic rings. The summed E-state index contributed by atoms with van der Waals surface area (Å²) >= 11 is 0. The molecule has 1 aromatic carbocycles. The molecule has 98 valence electrons. The molecule has 2 aliphatic rings. The van der Waals surface area contributed by atoms with E-state index in [1.165, 1.54) is 37.8 Å². The maximum Gasteiger partial charge on any atom is 0.145 e. The van der Waals surface area contributed by atoms with E-state index >= 15 is 0 Å². The lowest BCUT2D eigenvalue weighted by molar-refractivity contribution is 0.339. The molecule has 0 saturated heterocycles. The first-order chi connectivity index (χ1) is 8.78. The lowest BCUT2D eigenvalue weighted by Gasteiger charge is -2.21. The quantitative estimate of drug-likeness (QED) is 0.827. The fraction of sp³-hybridized carbons (Fsp3) is 0.600. The summed E-state index contributed by atoms with van der Waals surface area (Å²) in [6, 6.07) is 5.34. The van der Waals surface area contributed by atoms with Crippen LogP contribution in [-0.4, -0.2) is 12.6 Å². The highest BCUT2D eigenvalue weighted by Gasteiger charge is 2.41. The normalized spacial score (nSPS) is 19.1. The predicted octanol–water partition coefficient (Wildman–Crippen LogP) is 3.82. The van der Waals surface area contributed by atoms with Crippen molar-refractivity contribution in [2.24, 2.45) is 11.8 Å². The first-order valence-corrected chi connectivity index (χ1v) is 6.97. The molecule has 0 bridgehead atoms. The SMILES string of the molecule is CCOc1cc(F)ccc1NC(C1CC1)C1CC1. The molecule has 3 rings (SSSR count). The third-order valence-electron chi connectivity index (χ3n) is 3.83. The molecular weight excluding hydrogens is 229 g/mol. The Balaban J connectivity index is 1.77. The van der Waals surface area contributed by atoms with Crippen LogP contribution in [0.1, 0.15) is 32.6 Å². The van der Waals surface area contributed by atoms with Crippen molar-refractivity contribution in [2.75, 3.05) is 11.9 Å². The van der Waals surface area contributed by atoms with Crippen molar-refractivity contribution in [2.45, 2.75) is 38.6 Å². The molecule has 2 saturated carbocycles. The lowest BCUT2D eigenvalue weighted by atomic mass is 10.1. The van der Waals surface area contributed by atoms with Gasteiger partial charge in [0.1, 0.15) is 11.6 Å². The Kier molecular flexibility index (Phi) is 3.14. The van der Waals surface area contributed by atoms with E-state index in [0.29, 0.717) is 18.4 Å². The van der Waals surface area contributed by atoms with Gasteiger partial charge in [0.25, 0.3) is 0 Å². The summed E-state index contributed by atoms with van der Waals surface area (Å²) in [6.07, 6.45) is 5.33. The number of benzene rings is 1. The average molecular weight is 249 g/mol. The van der Waals surface area contributed by atoms with Crippen LogP contribution in [0.4, 0.5) is 10.1 Å². The minimum absolute atomic E-state index is 0.238. The molecule has 0 aliphatic heterocycles. The van der Waals surface area contributed by atoms with Crippen molar-refractivity contribution < 1.29 is 9.13 Å². The molecule has 2 aliphatic carbocycles. The second-order valence-corrected chi connectivity index (χ2v) is 5.42. The van der Waals surface area contributed by atoms with Crippen molar-refractivity contribution in [3.05, 3.63) is 24.0 Å². The van der Waals surface area contributed by atoms with Gasteiger partial charge < -0.3 is 10.1 Å². The van der Waals surface area contributed by atoms with Crippen molar-refractivity contribution in [1.29, 1.82) is 0 Å². The molecule has 0 spiro atoms. The van der Waals surface area contributed by atoms with Gasteiger partial charge in [-0.15, -0.1) is 0 Å². The van der Waals surface area contributed by atoms with Gasteiger partial charge in [0.2, 0.25) is 0 Å². The summed E-state index contributed by atoms with van der Waals surface area (Å²) in [5, 5.41) is 3.59. The second kappa shape index (κ2) is 4.79. The largest absolute Gasteiger partial charge is 0.492 e. The maximum atomic E-state index is 13.2. The molecule has 0 heterocycles. The zero-order valence-electron chi connectivity index (χ0n) is 10.8. The Morgan fingerprint density at radius 2 is 1.94 bits per heavy atom. The van der Waals surface area contributed by atoms with Crippen LogP contribution in [0.25, 0.3) is 0 Å². The minimum atomic E-state index is -0.238. The van der Waals surface area contributed by atoms with E-state index in [4.69, 9.17) is 4.74 Å². The molecule has 0 aromatic heterocycles. The van der Waals surface area contributed by atoms with Gasteiger partial charge in [0, 0.05) is 12.1 Å². The highest BCUT2D eigenvalue weighted by Crippen LogP contribution is 2.46. The van der Waals surface area contributed by atoms with E-state index in [2.05, 4.69) is 5.32 Å². The van der Waals surface area contributed by atoms with Crippen LogP contribution in [0.2, 0.25) is 0 Å². The molecule has 0 radical (unpaired) electrons. The van der Waals surface area contributed by atoms with Gasteiger partial charge in [-0.2, -0.15) is 0 Å². The van der Waals surface area contributed by atoms with Crippen molar-refractivity contribution >= 4 is 5.69 Å². The monoisotopic (exact) mass is 249 g/mol. The van der Waals surface area contributed by atoms with E-state index < -0.39 is 0 Å². The first kappa shape index (κ1) is 11.8. The minimum Gasteiger partial charge on any atom is -0.492 e.